The first kappa shape index (κ1) is 71.2. The summed E-state index contributed by atoms with van der Waals surface area (Å²) in [6.07, 6.45) is 7.32. The molecular formula is C58H82N14O12S4. The van der Waals surface area contributed by atoms with E-state index in [0.29, 0.717) is 43.1 Å². The summed E-state index contributed by atoms with van der Waals surface area (Å²) in [7, 11) is 5.94. The smallest absolute Gasteiger partial charge is 0.263 e. The first-order chi connectivity index (χ1) is 41.4. The van der Waals surface area contributed by atoms with Crippen molar-refractivity contribution in [3.05, 3.63) is 167 Å². The van der Waals surface area contributed by atoms with E-state index < -0.39 is 40.1 Å². The van der Waals surface area contributed by atoms with Crippen LogP contribution in [-0.4, -0.2) is 147 Å². The molecule has 4 heterocycles. The van der Waals surface area contributed by atoms with E-state index in [0.717, 1.165) is 51.1 Å². The first-order valence-electron chi connectivity index (χ1n) is 27.3. The van der Waals surface area contributed by atoms with Crippen molar-refractivity contribution in [2.75, 3.05) is 56.6 Å². The quantitative estimate of drug-likeness (QED) is 0.0800. The maximum Gasteiger partial charge on any atom is 0.263 e. The summed E-state index contributed by atoms with van der Waals surface area (Å²) in [5.74, 6) is 4.32. The minimum atomic E-state index is -3.87. The van der Waals surface area contributed by atoms with Gasteiger partial charge in [-0.3, -0.25) is 0 Å². The third kappa shape index (κ3) is 19.7. The van der Waals surface area contributed by atoms with Crippen LogP contribution >= 0.6 is 0 Å². The summed E-state index contributed by atoms with van der Waals surface area (Å²) in [6.45, 7) is 5.64. The third-order valence-electron chi connectivity index (χ3n) is 13.3. The zero-order valence-electron chi connectivity index (χ0n) is 52.3. The van der Waals surface area contributed by atoms with Crippen LogP contribution in [0.2, 0.25) is 0 Å². The molecular weight excluding hydrogens is 1210 g/mol. The van der Waals surface area contributed by atoms with E-state index in [1.807, 2.05) is 163 Å². The van der Waals surface area contributed by atoms with Gasteiger partial charge in [-0.15, -0.1) is 0 Å². The minimum absolute atomic E-state index is 0.0475. The van der Waals surface area contributed by atoms with Gasteiger partial charge >= 0.3 is 0 Å². The molecule has 26 nitrogen and oxygen atoms in total. The molecule has 0 bridgehead atoms. The number of aromatic nitrogens is 8. The van der Waals surface area contributed by atoms with Crippen LogP contribution < -0.4 is 29.2 Å². The summed E-state index contributed by atoms with van der Waals surface area (Å²) >= 11 is 0. The van der Waals surface area contributed by atoms with Gasteiger partial charge in [0.05, 0.1) is 52.5 Å². The van der Waals surface area contributed by atoms with Crippen LogP contribution in [0.3, 0.4) is 0 Å². The lowest BCUT2D eigenvalue weighted by Crippen LogP contribution is -2.32. The number of rotatable bonds is 24. The van der Waals surface area contributed by atoms with Gasteiger partial charge in [0.25, 0.3) is 40.1 Å². The van der Waals surface area contributed by atoms with Gasteiger partial charge in [0.1, 0.15) is 34.6 Å². The average molecular weight is 1300 g/mol. The number of imidazole rings is 4. The number of nitrogens with zero attached hydrogens (tertiary/aromatic N) is 12. The maximum absolute atomic E-state index is 13.8. The van der Waals surface area contributed by atoms with Gasteiger partial charge in [0.2, 0.25) is 0 Å². The highest BCUT2D eigenvalue weighted by Crippen LogP contribution is 2.27. The predicted molar refractivity (Wildman–Crippen MR) is 334 cm³/mol. The average Bonchev–Trinajstić information content (AvgIpc) is 2.62. The SMILES string of the molecule is CCc1nc(S(=O)(=O)N(Cc2ccc(OC)cc2)Cc2ccc(OC)cc2)cn1C.CCc1nc(S(N)(=O)=O)cn1C.CN(C)Cc1c(S(N)(=O)=O)ncn1C.COc1ccc(CN(Cc2ccc(OC)cc2)S(=O)(=O)c2ncn(C)c2CN(C)C)cc1. The molecule has 4 aromatic heterocycles. The molecule has 0 aliphatic heterocycles. The molecule has 0 unspecified atom stereocenters. The zero-order chi connectivity index (χ0) is 65.3. The first-order valence-corrected chi connectivity index (χ1v) is 33.3. The highest BCUT2D eigenvalue weighted by atomic mass is 32.2. The molecule has 0 saturated carbocycles. The second-order valence-electron chi connectivity index (χ2n) is 20.6. The Morgan fingerprint density at radius 1 is 0.409 bits per heavy atom. The van der Waals surface area contributed by atoms with E-state index in [2.05, 4.69) is 19.9 Å². The molecule has 0 saturated heterocycles. The molecule has 88 heavy (non-hydrogen) atoms. The highest BCUT2D eigenvalue weighted by molar-refractivity contribution is 7.89. The standard InChI is InChI=1S/C23H30N4O4S.C22H27N3O4S.C7H14N4O2S.C6H11N3O2S/c1-25(2)16-22-23(24-17-26(22)3)32(28,29)27(14-18-6-10-20(30-4)11-7-18)15-19-8-12-21(31-5)13-9-19;1-5-21-23-22(16-24(21)2)30(26,27)25(14-17-6-10-19(28-3)11-7-17)15-18-8-12-20(29-4)13-9-18;1-10(2)4-6-7(14(8,12)13)9-5-11(6)3;1-3-5-8-6(4-9(5)2)12(7,10)11/h6-13,17H,14-16H2,1-5H3;6-13,16H,5,14-15H2,1-4H3;5H,4H2,1-3H3,(H2,8,12,13);4H,3H2,1-2H3,(H2,7,10,11). The lowest BCUT2D eigenvalue weighted by Gasteiger charge is -2.23. The van der Waals surface area contributed by atoms with Crippen molar-refractivity contribution in [1.82, 2.24) is 56.6 Å². The van der Waals surface area contributed by atoms with Crippen LogP contribution in [0.5, 0.6) is 23.0 Å². The van der Waals surface area contributed by atoms with E-state index in [-0.39, 0.29) is 46.3 Å². The lowest BCUT2D eigenvalue weighted by atomic mass is 10.2. The lowest BCUT2D eigenvalue weighted by molar-refractivity contribution is 0.378. The summed E-state index contributed by atoms with van der Waals surface area (Å²) in [5, 5.41) is 9.94. The molecule has 8 aromatic rings. The van der Waals surface area contributed by atoms with Crippen LogP contribution in [-0.2, 0) is 120 Å². The molecule has 0 spiro atoms. The molecule has 4 N–H and O–H groups in total. The fraction of sp³-hybridized carbons (Fsp3) is 0.379. The van der Waals surface area contributed by atoms with Crippen molar-refractivity contribution in [3.8, 4) is 23.0 Å². The highest BCUT2D eigenvalue weighted by Gasteiger charge is 2.32. The number of ether oxygens (including phenoxy) is 4. The number of nitrogens with two attached hydrogens (primary N) is 2. The molecule has 8 rings (SSSR count). The molecule has 0 radical (unpaired) electrons. The number of sulfonamides is 4. The Morgan fingerprint density at radius 2 is 0.705 bits per heavy atom. The zero-order valence-corrected chi connectivity index (χ0v) is 55.5. The second-order valence-corrected chi connectivity index (χ2v) is 27.4. The molecule has 30 heteroatoms. The Labute approximate surface area is 518 Å². The molecule has 0 aliphatic rings. The van der Waals surface area contributed by atoms with Crippen molar-refractivity contribution in [2.45, 2.75) is 86.1 Å². The molecule has 0 amide bonds. The van der Waals surface area contributed by atoms with Crippen molar-refractivity contribution in [2.24, 2.45) is 38.5 Å². The molecule has 480 valence electrons. The van der Waals surface area contributed by atoms with Gasteiger partial charge in [-0.2, -0.15) is 8.61 Å². The Bertz CT molecular complexity index is 3880. The van der Waals surface area contributed by atoms with Crippen LogP contribution in [0, 0.1) is 0 Å². The van der Waals surface area contributed by atoms with Crippen molar-refractivity contribution < 1.29 is 52.6 Å². The Balaban J connectivity index is 0.000000231. The van der Waals surface area contributed by atoms with Gasteiger partial charge in [0, 0.05) is 92.7 Å². The number of hydrogen-bond donors (Lipinski definition) is 2. The minimum Gasteiger partial charge on any atom is -0.497 e. The second kappa shape index (κ2) is 31.6. The largest absolute Gasteiger partial charge is 0.497 e. The molecule has 0 fully saturated rings. The Morgan fingerprint density at radius 3 is 0.977 bits per heavy atom. The van der Waals surface area contributed by atoms with E-state index in [4.69, 9.17) is 29.2 Å². The number of methoxy groups -OCH3 is 4. The van der Waals surface area contributed by atoms with Crippen molar-refractivity contribution in [3.63, 3.8) is 0 Å². The van der Waals surface area contributed by atoms with Gasteiger partial charge in [-0.1, -0.05) is 62.4 Å². The summed E-state index contributed by atoms with van der Waals surface area (Å²) in [5.41, 5.74) is 4.67. The monoisotopic (exact) mass is 1290 g/mol. The summed E-state index contributed by atoms with van der Waals surface area (Å²) < 4.78 is 129. The Kier molecular flexibility index (Phi) is 25.6. The predicted octanol–water partition coefficient (Wildman–Crippen LogP) is 5.04. The van der Waals surface area contributed by atoms with Crippen molar-refractivity contribution in [1.29, 1.82) is 0 Å². The van der Waals surface area contributed by atoms with E-state index in [1.54, 1.807) is 73.3 Å². The van der Waals surface area contributed by atoms with Crippen LogP contribution in [0.1, 0.15) is 59.1 Å². The van der Waals surface area contributed by atoms with Gasteiger partial charge in [0.15, 0.2) is 20.1 Å². The summed E-state index contributed by atoms with van der Waals surface area (Å²) in [4.78, 5) is 20.0. The molecule has 4 aromatic carbocycles. The number of benzene rings is 4. The topological polar surface area (TPSA) is 310 Å². The Hall–Kier alpha value is -7.52. The molecule has 0 aliphatic carbocycles. The number of aryl methyl sites for hydroxylation is 6. The van der Waals surface area contributed by atoms with E-state index in [1.165, 1.54) is 21.1 Å². The van der Waals surface area contributed by atoms with Gasteiger partial charge < -0.3 is 47.0 Å². The fourth-order valence-electron chi connectivity index (χ4n) is 8.59. The normalized spacial score (nSPS) is 11.9. The summed E-state index contributed by atoms with van der Waals surface area (Å²) in [6, 6.07) is 29.5. The van der Waals surface area contributed by atoms with Crippen molar-refractivity contribution >= 4 is 40.1 Å². The maximum atomic E-state index is 13.8. The van der Waals surface area contributed by atoms with E-state index >= 15 is 0 Å². The van der Waals surface area contributed by atoms with Crippen LogP contribution in [0.25, 0.3) is 0 Å². The van der Waals surface area contributed by atoms with Gasteiger partial charge in [-0.05, 0) is 99.0 Å². The van der Waals surface area contributed by atoms with E-state index in [9.17, 15) is 33.7 Å². The third-order valence-corrected chi connectivity index (χ3v) is 18.4. The van der Waals surface area contributed by atoms with Crippen LogP contribution in [0.4, 0.5) is 0 Å². The van der Waals surface area contributed by atoms with Crippen LogP contribution in [0.15, 0.2) is 142 Å². The fourth-order valence-corrected chi connectivity index (χ4v) is 12.8. The number of hydrogen-bond acceptors (Lipinski definition) is 18. The van der Waals surface area contributed by atoms with Gasteiger partial charge in [-0.25, -0.2) is 63.9 Å². The number of primary sulfonamides is 2. The molecule has 0 atom stereocenters.